The average Bonchev–Trinajstić information content (AvgIpc) is 2.98. The molecule has 0 radical (unpaired) electrons. The van der Waals surface area contributed by atoms with Gasteiger partial charge in [-0.1, -0.05) is 0 Å². The molecule has 0 aliphatic carbocycles. The molecule has 1 atom stereocenters. The first-order valence-corrected chi connectivity index (χ1v) is 6.91. The number of rotatable bonds is 5. The second-order valence-electron chi connectivity index (χ2n) is 4.64. The Morgan fingerprint density at radius 1 is 1.55 bits per heavy atom. The number of hydrogen-bond acceptors (Lipinski definition) is 5. The van der Waals surface area contributed by atoms with Crippen LogP contribution in [0.1, 0.15) is 19.1 Å². The van der Waals surface area contributed by atoms with E-state index in [0.29, 0.717) is 39.1 Å². The van der Waals surface area contributed by atoms with Crippen LogP contribution < -0.4 is 5.32 Å². The third-order valence-corrected chi connectivity index (χ3v) is 3.29. The zero-order chi connectivity index (χ0) is 14.4. The van der Waals surface area contributed by atoms with Crippen molar-refractivity contribution in [3.8, 4) is 0 Å². The number of amides is 1. The number of ether oxygens (including phenoxy) is 1. The molecule has 1 unspecified atom stereocenters. The topological polar surface area (TPSA) is 71.8 Å². The van der Waals surface area contributed by atoms with Crippen molar-refractivity contribution < 1.29 is 18.7 Å². The van der Waals surface area contributed by atoms with Crippen molar-refractivity contribution in [1.82, 2.24) is 10.2 Å². The molecule has 110 valence electrons. The van der Waals surface area contributed by atoms with E-state index in [1.54, 1.807) is 24.2 Å². The van der Waals surface area contributed by atoms with Gasteiger partial charge in [-0.2, -0.15) is 0 Å². The van der Waals surface area contributed by atoms with Crippen LogP contribution in [0.2, 0.25) is 0 Å². The van der Waals surface area contributed by atoms with Crippen molar-refractivity contribution in [1.29, 1.82) is 0 Å². The molecule has 1 aromatic heterocycles. The Hall–Kier alpha value is -1.82. The quantitative estimate of drug-likeness (QED) is 0.799. The Kier molecular flexibility index (Phi) is 5.17. The standard InChI is InChI=1S/C14H20N2O4/c1-2-19-14(18)12-10-15-7-8-16(12)13(17)6-5-11-4-3-9-20-11/h3-4,9,12,15H,2,5-8,10H2,1H3. The lowest BCUT2D eigenvalue weighted by Crippen LogP contribution is -2.57. The zero-order valence-electron chi connectivity index (χ0n) is 11.6. The summed E-state index contributed by atoms with van der Waals surface area (Å²) >= 11 is 0. The van der Waals surface area contributed by atoms with Crippen LogP contribution in [0.3, 0.4) is 0 Å². The van der Waals surface area contributed by atoms with Crippen LogP contribution in [0.15, 0.2) is 22.8 Å². The second-order valence-corrected chi connectivity index (χ2v) is 4.64. The van der Waals surface area contributed by atoms with Gasteiger partial charge in [0.15, 0.2) is 0 Å². The van der Waals surface area contributed by atoms with E-state index < -0.39 is 6.04 Å². The molecule has 2 rings (SSSR count). The van der Waals surface area contributed by atoms with Gasteiger partial charge in [0, 0.05) is 32.5 Å². The van der Waals surface area contributed by atoms with Gasteiger partial charge in [0.1, 0.15) is 11.8 Å². The molecule has 1 aliphatic rings. The lowest BCUT2D eigenvalue weighted by Gasteiger charge is -2.34. The molecule has 1 aromatic rings. The van der Waals surface area contributed by atoms with Gasteiger partial charge in [-0.25, -0.2) is 4.79 Å². The molecule has 20 heavy (non-hydrogen) atoms. The van der Waals surface area contributed by atoms with E-state index in [1.165, 1.54) is 0 Å². The summed E-state index contributed by atoms with van der Waals surface area (Å²) in [6.07, 6.45) is 2.47. The fourth-order valence-corrected chi connectivity index (χ4v) is 2.28. The molecule has 6 nitrogen and oxygen atoms in total. The van der Waals surface area contributed by atoms with E-state index in [-0.39, 0.29) is 11.9 Å². The summed E-state index contributed by atoms with van der Waals surface area (Å²) in [4.78, 5) is 25.7. The minimum atomic E-state index is -0.521. The van der Waals surface area contributed by atoms with Gasteiger partial charge in [-0.15, -0.1) is 0 Å². The van der Waals surface area contributed by atoms with Crippen molar-refractivity contribution in [2.24, 2.45) is 0 Å². The molecule has 1 aliphatic heterocycles. The average molecular weight is 280 g/mol. The highest BCUT2D eigenvalue weighted by Crippen LogP contribution is 2.11. The second kappa shape index (κ2) is 7.09. The van der Waals surface area contributed by atoms with E-state index in [9.17, 15) is 9.59 Å². The molecule has 6 heteroatoms. The van der Waals surface area contributed by atoms with E-state index in [2.05, 4.69) is 5.32 Å². The maximum atomic E-state index is 12.3. The first kappa shape index (κ1) is 14.6. The van der Waals surface area contributed by atoms with Crippen molar-refractivity contribution in [2.45, 2.75) is 25.8 Å². The SMILES string of the molecule is CCOC(=O)C1CNCCN1C(=O)CCc1ccco1. The van der Waals surface area contributed by atoms with Crippen LogP contribution in [0.5, 0.6) is 0 Å². The number of nitrogens with zero attached hydrogens (tertiary/aromatic N) is 1. The lowest BCUT2D eigenvalue weighted by atomic mass is 10.1. The number of carbonyl (C=O) groups excluding carboxylic acids is 2. The predicted octanol–water partition coefficient (Wildman–Crippen LogP) is 0.576. The fourth-order valence-electron chi connectivity index (χ4n) is 2.28. The van der Waals surface area contributed by atoms with Crippen LogP contribution in [-0.2, 0) is 20.7 Å². The largest absolute Gasteiger partial charge is 0.469 e. The normalized spacial score (nSPS) is 18.9. The zero-order valence-corrected chi connectivity index (χ0v) is 11.6. The molecule has 0 saturated carbocycles. The molecule has 1 amide bonds. The maximum Gasteiger partial charge on any atom is 0.330 e. The molecule has 1 fully saturated rings. The highest BCUT2D eigenvalue weighted by atomic mass is 16.5. The first-order chi connectivity index (χ1) is 9.72. The van der Waals surface area contributed by atoms with Gasteiger partial charge in [-0.05, 0) is 19.1 Å². The number of nitrogens with one attached hydrogen (secondary N) is 1. The van der Waals surface area contributed by atoms with Gasteiger partial charge in [0.2, 0.25) is 5.91 Å². The van der Waals surface area contributed by atoms with Crippen LogP contribution in [0.25, 0.3) is 0 Å². The molecular weight excluding hydrogens is 260 g/mol. The minimum absolute atomic E-state index is 0.0408. The fraction of sp³-hybridized carbons (Fsp3) is 0.571. The van der Waals surface area contributed by atoms with Gasteiger partial charge in [0.05, 0.1) is 12.9 Å². The Balaban J connectivity index is 1.92. The van der Waals surface area contributed by atoms with Crippen LogP contribution in [0, 0.1) is 0 Å². The van der Waals surface area contributed by atoms with Crippen molar-refractivity contribution >= 4 is 11.9 Å². The summed E-state index contributed by atoms with van der Waals surface area (Å²) in [6, 6.07) is 3.12. The van der Waals surface area contributed by atoms with E-state index in [0.717, 1.165) is 5.76 Å². The Morgan fingerprint density at radius 3 is 3.10 bits per heavy atom. The van der Waals surface area contributed by atoms with Crippen LogP contribution >= 0.6 is 0 Å². The summed E-state index contributed by atoms with van der Waals surface area (Å²) < 4.78 is 10.2. The molecule has 0 aromatic carbocycles. The van der Waals surface area contributed by atoms with Gasteiger partial charge in [-0.3, -0.25) is 4.79 Å². The molecule has 2 heterocycles. The van der Waals surface area contributed by atoms with Crippen LogP contribution in [0.4, 0.5) is 0 Å². The van der Waals surface area contributed by atoms with Crippen molar-refractivity contribution in [3.63, 3.8) is 0 Å². The van der Waals surface area contributed by atoms with Crippen LogP contribution in [-0.4, -0.2) is 49.1 Å². The summed E-state index contributed by atoms with van der Waals surface area (Å²) in [5.41, 5.74) is 0. The molecule has 1 N–H and O–H groups in total. The Labute approximate surface area is 118 Å². The predicted molar refractivity (Wildman–Crippen MR) is 72.0 cm³/mol. The monoisotopic (exact) mass is 280 g/mol. The molecule has 0 bridgehead atoms. The Morgan fingerprint density at radius 2 is 2.40 bits per heavy atom. The first-order valence-electron chi connectivity index (χ1n) is 6.91. The van der Waals surface area contributed by atoms with Gasteiger partial charge < -0.3 is 19.4 Å². The van der Waals surface area contributed by atoms with Crippen molar-refractivity contribution in [2.75, 3.05) is 26.2 Å². The molecular formula is C14H20N2O4. The minimum Gasteiger partial charge on any atom is -0.469 e. The number of carbonyl (C=O) groups is 2. The van der Waals surface area contributed by atoms with Gasteiger partial charge in [0.25, 0.3) is 0 Å². The lowest BCUT2D eigenvalue weighted by molar-refractivity contribution is -0.155. The van der Waals surface area contributed by atoms with E-state index in [4.69, 9.17) is 9.15 Å². The summed E-state index contributed by atoms with van der Waals surface area (Å²) in [6.45, 7) is 3.76. The number of furan rings is 1. The summed E-state index contributed by atoms with van der Waals surface area (Å²) in [5, 5.41) is 3.12. The highest BCUT2D eigenvalue weighted by Gasteiger charge is 2.32. The van der Waals surface area contributed by atoms with E-state index >= 15 is 0 Å². The maximum absolute atomic E-state index is 12.3. The molecule has 0 spiro atoms. The number of aryl methyl sites for hydroxylation is 1. The molecule has 1 saturated heterocycles. The van der Waals surface area contributed by atoms with Gasteiger partial charge >= 0.3 is 5.97 Å². The van der Waals surface area contributed by atoms with E-state index in [1.807, 2.05) is 6.07 Å². The number of piperazine rings is 1. The summed E-state index contributed by atoms with van der Waals surface area (Å²) in [7, 11) is 0. The smallest absolute Gasteiger partial charge is 0.330 e. The third kappa shape index (κ3) is 3.60. The van der Waals surface area contributed by atoms with Crippen molar-refractivity contribution in [3.05, 3.63) is 24.2 Å². The number of esters is 1. The Bertz CT molecular complexity index is 444. The highest BCUT2D eigenvalue weighted by molar-refractivity contribution is 5.85. The summed E-state index contributed by atoms with van der Waals surface area (Å²) in [5.74, 6) is 0.396. The third-order valence-electron chi connectivity index (χ3n) is 3.29. The number of hydrogen-bond donors (Lipinski definition) is 1.